The molecule has 0 fully saturated rings. The zero-order chi connectivity index (χ0) is 14.0. The smallest absolute Gasteiger partial charge is 0.297 e. The maximum absolute atomic E-state index is 12.1. The van der Waals surface area contributed by atoms with Gasteiger partial charge in [0.15, 0.2) is 0 Å². The SMILES string of the molecule is Cc1ccc(S(=O)(=O)O[C@H]2CCC=C(Cl)[C@H]2O)cc1. The summed E-state index contributed by atoms with van der Waals surface area (Å²) in [7, 11) is -3.88. The van der Waals surface area contributed by atoms with Gasteiger partial charge in [0, 0.05) is 5.03 Å². The number of halogens is 1. The third-order valence-electron chi connectivity index (χ3n) is 2.99. The first kappa shape index (κ1) is 14.5. The van der Waals surface area contributed by atoms with E-state index in [9.17, 15) is 13.5 Å². The van der Waals surface area contributed by atoms with Gasteiger partial charge in [0.25, 0.3) is 10.1 Å². The number of aryl methyl sites for hydroxylation is 1. The summed E-state index contributed by atoms with van der Waals surface area (Å²) in [4.78, 5) is 0.0796. The minimum absolute atomic E-state index is 0.0796. The van der Waals surface area contributed by atoms with E-state index >= 15 is 0 Å². The van der Waals surface area contributed by atoms with Crippen molar-refractivity contribution < 1.29 is 17.7 Å². The summed E-state index contributed by atoms with van der Waals surface area (Å²) in [5, 5.41) is 10.0. The van der Waals surface area contributed by atoms with E-state index in [1.54, 1.807) is 18.2 Å². The molecule has 0 aliphatic heterocycles. The highest BCUT2D eigenvalue weighted by Gasteiger charge is 2.31. The van der Waals surface area contributed by atoms with Crippen molar-refractivity contribution in [1.82, 2.24) is 0 Å². The van der Waals surface area contributed by atoms with Crippen LogP contribution in [0, 0.1) is 6.92 Å². The van der Waals surface area contributed by atoms with Crippen LogP contribution in [0.1, 0.15) is 18.4 Å². The number of aliphatic hydroxyl groups is 1. The van der Waals surface area contributed by atoms with E-state index in [4.69, 9.17) is 15.8 Å². The monoisotopic (exact) mass is 302 g/mol. The van der Waals surface area contributed by atoms with Crippen molar-refractivity contribution in [3.8, 4) is 0 Å². The number of hydrogen-bond donors (Lipinski definition) is 1. The van der Waals surface area contributed by atoms with Gasteiger partial charge in [0.05, 0.1) is 4.90 Å². The Morgan fingerprint density at radius 1 is 1.32 bits per heavy atom. The third-order valence-corrected chi connectivity index (χ3v) is 4.71. The van der Waals surface area contributed by atoms with Crippen molar-refractivity contribution in [3.63, 3.8) is 0 Å². The normalized spacial score (nSPS) is 24.1. The Bertz CT molecular complexity index is 577. The Hall–Kier alpha value is -0.880. The van der Waals surface area contributed by atoms with Crippen molar-refractivity contribution >= 4 is 21.7 Å². The predicted octanol–water partition coefficient (Wildman–Crippen LogP) is 2.35. The van der Waals surface area contributed by atoms with Crippen molar-refractivity contribution in [2.75, 3.05) is 0 Å². The highest BCUT2D eigenvalue weighted by molar-refractivity contribution is 7.86. The van der Waals surface area contributed by atoms with Gasteiger partial charge in [0.1, 0.15) is 12.2 Å². The molecule has 0 saturated heterocycles. The maximum atomic E-state index is 12.1. The molecule has 2 rings (SSSR count). The molecule has 0 spiro atoms. The molecule has 0 amide bonds. The zero-order valence-electron chi connectivity index (χ0n) is 10.4. The Labute approximate surface area is 117 Å². The summed E-state index contributed by atoms with van der Waals surface area (Å²) in [6.07, 6.45) is 0.760. The summed E-state index contributed by atoms with van der Waals surface area (Å²) in [6, 6.07) is 6.36. The molecule has 1 aromatic rings. The Balaban J connectivity index is 2.18. The van der Waals surface area contributed by atoms with Gasteiger partial charge in [-0.05, 0) is 31.9 Å². The second-order valence-electron chi connectivity index (χ2n) is 4.51. The first-order chi connectivity index (χ1) is 8.90. The molecule has 4 nitrogen and oxygen atoms in total. The van der Waals surface area contributed by atoms with Crippen molar-refractivity contribution in [1.29, 1.82) is 0 Å². The molecular weight excluding hydrogens is 288 g/mol. The molecule has 0 aromatic heterocycles. The fourth-order valence-corrected chi connectivity index (χ4v) is 3.22. The minimum atomic E-state index is -3.88. The molecule has 1 N–H and O–H groups in total. The van der Waals surface area contributed by atoms with Crippen LogP contribution in [0.25, 0.3) is 0 Å². The van der Waals surface area contributed by atoms with Crippen LogP contribution in [-0.4, -0.2) is 25.7 Å². The van der Waals surface area contributed by atoms with E-state index in [1.165, 1.54) is 12.1 Å². The molecule has 0 heterocycles. The van der Waals surface area contributed by atoms with Gasteiger partial charge in [0.2, 0.25) is 0 Å². The van der Waals surface area contributed by atoms with Gasteiger partial charge in [-0.3, -0.25) is 4.18 Å². The van der Waals surface area contributed by atoms with E-state index in [2.05, 4.69) is 0 Å². The number of allylic oxidation sites excluding steroid dienone is 1. The Kier molecular flexibility index (Phi) is 4.30. The molecule has 104 valence electrons. The fourth-order valence-electron chi connectivity index (χ4n) is 1.87. The van der Waals surface area contributed by atoms with E-state index in [1.807, 2.05) is 6.92 Å². The molecule has 0 saturated carbocycles. The molecule has 1 aliphatic carbocycles. The maximum Gasteiger partial charge on any atom is 0.297 e. The quantitative estimate of drug-likeness (QED) is 0.871. The largest absolute Gasteiger partial charge is 0.385 e. The number of rotatable bonds is 3. The van der Waals surface area contributed by atoms with E-state index in [0.717, 1.165) is 5.56 Å². The van der Waals surface area contributed by atoms with Crippen LogP contribution >= 0.6 is 11.6 Å². The van der Waals surface area contributed by atoms with Crippen molar-refractivity contribution in [2.24, 2.45) is 0 Å². The molecule has 1 aliphatic rings. The van der Waals surface area contributed by atoms with Gasteiger partial charge in [-0.2, -0.15) is 8.42 Å². The van der Waals surface area contributed by atoms with Gasteiger partial charge in [-0.25, -0.2) is 0 Å². The molecular formula is C13H15ClO4S. The number of benzene rings is 1. The van der Waals surface area contributed by atoms with Gasteiger partial charge < -0.3 is 5.11 Å². The van der Waals surface area contributed by atoms with Gasteiger partial charge >= 0.3 is 0 Å². The van der Waals surface area contributed by atoms with Crippen LogP contribution in [-0.2, 0) is 14.3 Å². The van der Waals surface area contributed by atoms with Gasteiger partial charge in [-0.1, -0.05) is 35.4 Å². The molecule has 0 unspecified atom stereocenters. The lowest BCUT2D eigenvalue weighted by molar-refractivity contribution is 0.0582. The van der Waals surface area contributed by atoms with Crippen LogP contribution in [0.5, 0.6) is 0 Å². The average Bonchev–Trinajstić information content (AvgIpc) is 2.35. The highest BCUT2D eigenvalue weighted by Crippen LogP contribution is 2.27. The topological polar surface area (TPSA) is 63.6 Å². The first-order valence-corrected chi connectivity index (χ1v) is 7.72. The lowest BCUT2D eigenvalue weighted by atomic mass is 10.0. The number of hydrogen-bond acceptors (Lipinski definition) is 4. The van der Waals surface area contributed by atoms with E-state index < -0.39 is 22.3 Å². The molecule has 1 aromatic carbocycles. The van der Waals surface area contributed by atoms with E-state index in [-0.39, 0.29) is 9.93 Å². The van der Waals surface area contributed by atoms with Crippen LogP contribution in [0.4, 0.5) is 0 Å². The lowest BCUT2D eigenvalue weighted by Gasteiger charge is -2.25. The van der Waals surface area contributed by atoms with Crippen LogP contribution < -0.4 is 0 Å². The Morgan fingerprint density at radius 2 is 1.95 bits per heavy atom. The summed E-state index contributed by atoms with van der Waals surface area (Å²) in [5.74, 6) is 0. The van der Waals surface area contributed by atoms with Crippen molar-refractivity contribution in [2.45, 2.75) is 36.9 Å². The minimum Gasteiger partial charge on any atom is -0.385 e. The first-order valence-electron chi connectivity index (χ1n) is 5.94. The fraction of sp³-hybridized carbons (Fsp3) is 0.385. The number of aliphatic hydroxyl groups excluding tert-OH is 1. The predicted molar refractivity (Wildman–Crippen MR) is 72.4 cm³/mol. The molecule has 0 bridgehead atoms. The average molecular weight is 303 g/mol. The highest BCUT2D eigenvalue weighted by atomic mass is 35.5. The molecule has 6 heteroatoms. The van der Waals surface area contributed by atoms with Gasteiger partial charge in [-0.15, -0.1) is 0 Å². The molecule has 2 atom stereocenters. The summed E-state index contributed by atoms with van der Waals surface area (Å²) < 4.78 is 29.2. The second kappa shape index (κ2) is 5.63. The van der Waals surface area contributed by atoms with Crippen LogP contribution in [0.2, 0.25) is 0 Å². The van der Waals surface area contributed by atoms with E-state index in [0.29, 0.717) is 12.8 Å². The summed E-state index contributed by atoms with van der Waals surface area (Å²) >= 11 is 5.79. The Morgan fingerprint density at radius 3 is 2.58 bits per heavy atom. The summed E-state index contributed by atoms with van der Waals surface area (Å²) in [6.45, 7) is 1.87. The standard InChI is InChI=1S/C13H15ClO4S/c1-9-5-7-10(8-6-9)19(16,17)18-12-4-2-3-11(14)13(12)15/h3,5-8,12-13,15H,2,4H2,1H3/t12-,13+/m0/s1. The van der Waals surface area contributed by atoms with Crippen LogP contribution in [0.15, 0.2) is 40.3 Å². The van der Waals surface area contributed by atoms with Crippen LogP contribution in [0.3, 0.4) is 0 Å². The third kappa shape index (κ3) is 3.36. The molecule has 0 radical (unpaired) electrons. The summed E-state index contributed by atoms with van der Waals surface area (Å²) in [5.41, 5.74) is 0.961. The second-order valence-corrected chi connectivity index (χ2v) is 6.52. The zero-order valence-corrected chi connectivity index (χ0v) is 12.0. The molecule has 19 heavy (non-hydrogen) atoms. The van der Waals surface area contributed by atoms with Crippen molar-refractivity contribution in [3.05, 3.63) is 40.9 Å². The lowest BCUT2D eigenvalue weighted by Crippen LogP contribution is -2.33.